The molecule has 0 aliphatic heterocycles. The van der Waals surface area contributed by atoms with Gasteiger partial charge >= 0.3 is 17.9 Å². The first-order chi connectivity index (χ1) is 43.8. The number of carbonyl (C=O) groups excluding carboxylic acids is 11. The molecule has 93 heavy (non-hydrogen) atoms. The summed E-state index contributed by atoms with van der Waals surface area (Å²) in [6.07, 6.45) is 7.76. The molecule has 0 N–H and O–H groups in total. The predicted molar refractivity (Wildman–Crippen MR) is 367 cm³/mol. The van der Waals surface area contributed by atoms with E-state index in [4.69, 9.17) is 14.2 Å². The molecule has 0 saturated heterocycles. The van der Waals surface area contributed by atoms with Gasteiger partial charge in [0.05, 0.1) is 27.2 Å². The van der Waals surface area contributed by atoms with E-state index in [-0.39, 0.29) is 100 Å². The minimum atomic E-state index is -1.25. The minimum Gasteiger partial charge on any atom is -0.469 e. The number of aryl methyl sites for hydroxylation is 1. The zero-order valence-corrected chi connectivity index (χ0v) is 61.4. The third-order valence-corrected chi connectivity index (χ3v) is 22.8. The van der Waals surface area contributed by atoms with Crippen molar-refractivity contribution in [2.24, 2.45) is 63.1 Å². The van der Waals surface area contributed by atoms with E-state index >= 15 is 0 Å². The second kappa shape index (κ2) is 28.5. The molecule has 19 heteroatoms. The van der Waals surface area contributed by atoms with Crippen LogP contribution < -0.4 is 0 Å². The number of benzene rings is 5. The van der Waals surface area contributed by atoms with E-state index in [1.165, 1.54) is 26.9 Å². The number of Topliss-reactive ketones (excluding diaryl/α,β-unsaturated/α-hetero) is 8. The van der Waals surface area contributed by atoms with E-state index < -0.39 is 34.1 Å². The van der Waals surface area contributed by atoms with Crippen LogP contribution in [0.25, 0.3) is 0 Å². The minimum absolute atomic E-state index is 0.00505. The molecule has 0 bridgehead atoms. The number of halogens is 5. The highest BCUT2D eigenvalue weighted by Crippen LogP contribution is 2.55. The van der Waals surface area contributed by atoms with E-state index in [1.54, 1.807) is 27.7 Å². The molecule has 0 heterocycles. The third-order valence-electron chi connectivity index (χ3n) is 20.4. The highest BCUT2D eigenvalue weighted by atomic mass is 79.9. The SMILES string of the molecule is COC(=O)C(C)CC1Cc2ccc(Br)cc2C1=O.COC(=O)C1(C)CC2(Cc3ccc(Br)cc3C2=O)CC(C)C1=O.COC(=O)C1CC2(Cc3ccc(Br)cc3C2=O)CC(C)C1=O.C[C@@H]1CC2(Cc3ccc(Br)cc3C2=O)C[C@H](C)C1=O.O=C1CCc2ccc(Br)cc21. The fourth-order valence-corrected chi connectivity index (χ4v) is 17.9. The summed E-state index contributed by atoms with van der Waals surface area (Å²) in [7, 11) is 3.94. The van der Waals surface area contributed by atoms with Gasteiger partial charge in [-0.1, -0.05) is 145 Å². The molecule has 8 aliphatic carbocycles. The molecule has 3 saturated carbocycles. The quantitative estimate of drug-likeness (QED) is 0.0909. The van der Waals surface area contributed by atoms with Crippen molar-refractivity contribution >= 4 is 144 Å². The molecule has 5 aromatic carbocycles. The summed E-state index contributed by atoms with van der Waals surface area (Å²) >= 11 is 16.9. The number of rotatable bonds is 5. The van der Waals surface area contributed by atoms with Gasteiger partial charge in [0.15, 0.2) is 34.7 Å². The van der Waals surface area contributed by atoms with Gasteiger partial charge in [-0.05, 0) is 172 Å². The van der Waals surface area contributed by atoms with Gasteiger partial charge in [0.2, 0.25) is 0 Å². The van der Waals surface area contributed by atoms with Gasteiger partial charge in [0.1, 0.15) is 22.9 Å². The molecule has 490 valence electrons. The molecule has 5 aromatic rings. The molecular formula is C74H75Br5O14. The lowest BCUT2D eigenvalue weighted by molar-refractivity contribution is -0.163. The van der Waals surface area contributed by atoms with Crippen molar-refractivity contribution in [3.8, 4) is 0 Å². The Kier molecular flexibility index (Phi) is 22.0. The van der Waals surface area contributed by atoms with E-state index in [2.05, 4.69) is 79.6 Å². The first kappa shape index (κ1) is 71.6. The number of methoxy groups -OCH3 is 3. The van der Waals surface area contributed by atoms with Crippen LogP contribution in [-0.2, 0) is 75.1 Å². The summed E-state index contributed by atoms with van der Waals surface area (Å²) in [5, 5.41) is 0. The van der Waals surface area contributed by atoms with Crippen LogP contribution in [0.5, 0.6) is 0 Å². The molecular weight excluding hydrogens is 1510 g/mol. The summed E-state index contributed by atoms with van der Waals surface area (Å²) in [4.78, 5) is 135. The van der Waals surface area contributed by atoms with Crippen LogP contribution in [0.3, 0.4) is 0 Å². The fourth-order valence-electron chi connectivity index (χ4n) is 16.1. The second-order valence-corrected chi connectivity index (χ2v) is 31.7. The Morgan fingerprint density at radius 1 is 0.484 bits per heavy atom. The van der Waals surface area contributed by atoms with Crippen LogP contribution >= 0.6 is 79.6 Å². The topological polar surface area (TPSA) is 215 Å². The van der Waals surface area contributed by atoms with Crippen LogP contribution in [0.1, 0.15) is 173 Å². The largest absolute Gasteiger partial charge is 0.469 e. The molecule has 9 unspecified atom stereocenters. The Labute approximate surface area is 584 Å². The van der Waals surface area contributed by atoms with Crippen LogP contribution in [-0.4, -0.2) is 85.5 Å². The number of ether oxygens (including phenoxy) is 3. The van der Waals surface area contributed by atoms with Crippen molar-refractivity contribution < 1.29 is 67.0 Å². The highest BCUT2D eigenvalue weighted by Gasteiger charge is 2.60. The molecule has 13 rings (SSSR count). The molecule has 0 amide bonds. The Morgan fingerprint density at radius 3 is 1.37 bits per heavy atom. The van der Waals surface area contributed by atoms with Crippen molar-refractivity contribution in [2.45, 2.75) is 125 Å². The molecule has 8 aliphatic rings. The second-order valence-electron chi connectivity index (χ2n) is 27.1. The smallest absolute Gasteiger partial charge is 0.319 e. The molecule has 0 radical (unpaired) electrons. The molecule has 14 nitrogen and oxygen atoms in total. The maximum Gasteiger partial charge on any atom is 0.319 e. The molecule has 11 atom stereocenters. The Bertz CT molecular complexity index is 3930. The normalized spacial score (nSPS) is 27.8. The predicted octanol–water partition coefficient (Wildman–Crippen LogP) is 15.7. The van der Waals surface area contributed by atoms with Crippen LogP contribution in [0.2, 0.25) is 0 Å². The van der Waals surface area contributed by atoms with E-state index in [0.717, 1.165) is 80.6 Å². The lowest BCUT2D eigenvalue weighted by Crippen LogP contribution is -2.52. The van der Waals surface area contributed by atoms with Gasteiger partial charge in [-0.2, -0.15) is 0 Å². The van der Waals surface area contributed by atoms with Crippen molar-refractivity contribution in [3.05, 3.63) is 169 Å². The number of fused-ring (bicyclic) bond motifs is 5. The number of carbonyl (C=O) groups is 11. The van der Waals surface area contributed by atoms with Gasteiger partial charge in [-0.3, -0.25) is 52.7 Å². The van der Waals surface area contributed by atoms with Gasteiger partial charge < -0.3 is 14.2 Å². The summed E-state index contributed by atoms with van der Waals surface area (Å²) in [6, 6.07) is 29.0. The lowest BCUT2D eigenvalue weighted by Gasteiger charge is -2.43. The lowest BCUT2D eigenvalue weighted by atomic mass is 9.57. The van der Waals surface area contributed by atoms with Gasteiger partial charge in [-0.15, -0.1) is 0 Å². The van der Waals surface area contributed by atoms with Gasteiger partial charge in [0, 0.05) is 102 Å². The van der Waals surface area contributed by atoms with Crippen molar-refractivity contribution in [1.29, 1.82) is 0 Å². The van der Waals surface area contributed by atoms with E-state index in [1.807, 2.05) is 105 Å². The number of hydrogen-bond acceptors (Lipinski definition) is 14. The molecule has 0 aromatic heterocycles. The first-order valence-electron chi connectivity index (χ1n) is 31.3. The third kappa shape index (κ3) is 14.4. The number of hydrogen-bond donors (Lipinski definition) is 0. The monoisotopic (exact) mass is 1580 g/mol. The zero-order valence-electron chi connectivity index (χ0n) is 53.5. The van der Waals surface area contributed by atoms with Crippen LogP contribution in [0, 0.1) is 63.1 Å². The van der Waals surface area contributed by atoms with E-state index in [0.29, 0.717) is 68.3 Å². The highest BCUT2D eigenvalue weighted by molar-refractivity contribution is 9.11. The van der Waals surface area contributed by atoms with Gasteiger partial charge in [0.25, 0.3) is 0 Å². The first-order valence-corrected chi connectivity index (χ1v) is 35.3. The summed E-state index contributed by atoms with van der Waals surface area (Å²) in [5.41, 5.74) is 6.45. The average Bonchev–Trinajstić information content (AvgIpc) is 1.65. The summed E-state index contributed by atoms with van der Waals surface area (Å²) < 4.78 is 18.9. The van der Waals surface area contributed by atoms with Crippen molar-refractivity contribution in [1.82, 2.24) is 0 Å². The van der Waals surface area contributed by atoms with Crippen molar-refractivity contribution in [3.63, 3.8) is 0 Å². The summed E-state index contributed by atoms with van der Waals surface area (Å²) in [6.45, 7) is 10.9. The van der Waals surface area contributed by atoms with Crippen molar-refractivity contribution in [2.75, 3.05) is 21.3 Å². The maximum absolute atomic E-state index is 13.1. The summed E-state index contributed by atoms with van der Waals surface area (Å²) in [5.74, 6) is -2.26. The van der Waals surface area contributed by atoms with Crippen LogP contribution in [0.15, 0.2) is 113 Å². The van der Waals surface area contributed by atoms with Crippen LogP contribution in [0.4, 0.5) is 0 Å². The molecule has 3 fully saturated rings. The number of esters is 3. The Balaban J connectivity index is 0.000000139. The Morgan fingerprint density at radius 2 is 0.892 bits per heavy atom. The number of ketones is 8. The maximum atomic E-state index is 13.1. The zero-order chi connectivity index (χ0) is 68.0. The standard InChI is InChI=1S/C18H19BrO4.C17H17BrO4.C16H17BrO2.C14H15BrO3.C9H7BrO/c1-10-7-18(9-17(2,14(10)20)16(22)23-3)8-11-4-5-12(19)6-13(11)15(18)21;1-9-6-17(8-13(14(9)19)16(21)22-2)7-10-3-4-11(18)5-12(10)15(17)20;1-9-6-16(7-10(2)14(9)18)8-11-3-4-12(17)5-13(11)15(16)19;1-8(14(17)18-2)5-10-6-9-3-4-11(15)7-12(9)13(10)16;10-7-3-1-6-2-4-9(11)8(6)5-7/h4-6,10H,7-9H2,1-3H3;3-5,9,13H,6-8H2,1-2H3;3-5,9-10H,6-8H2,1-2H3;3-4,7-8,10H,5-6H2,1-2H3;1,3,5H,2,4H2/t;;9-,10+,16?;;. The molecule has 3 spiro atoms. The Hall–Kier alpha value is -5.73. The van der Waals surface area contributed by atoms with E-state index in [9.17, 15) is 52.7 Å². The average molecular weight is 1590 g/mol. The van der Waals surface area contributed by atoms with Gasteiger partial charge in [-0.25, -0.2) is 0 Å². The fraction of sp³-hybridized carbons (Fsp3) is 0.446.